The van der Waals surface area contributed by atoms with Crippen molar-refractivity contribution < 1.29 is 22.7 Å². The van der Waals surface area contributed by atoms with E-state index in [9.17, 15) is 13.2 Å². The van der Waals surface area contributed by atoms with Gasteiger partial charge in [-0.3, -0.25) is 4.79 Å². The normalized spacial score (nSPS) is 11.4. The Morgan fingerprint density at radius 1 is 1.16 bits per heavy atom. The number of hydrogen-bond donors (Lipinski definition) is 0. The summed E-state index contributed by atoms with van der Waals surface area (Å²) in [6.07, 6.45) is 2.59. The molecule has 0 unspecified atom stereocenters. The maximum Gasteiger partial charge on any atom is 0.223 e. The van der Waals surface area contributed by atoms with Gasteiger partial charge < -0.3 is 9.47 Å². The van der Waals surface area contributed by atoms with Gasteiger partial charge in [0.05, 0.1) is 23.8 Å². The number of ketones is 1. The number of nitrogens with zero attached hydrogens (tertiary/aromatic N) is 2. The highest BCUT2D eigenvalue weighted by Gasteiger charge is 2.27. The van der Waals surface area contributed by atoms with Crippen LogP contribution in [-0.2, 0) is 23.0 Å². The molecule has 9 heteroatoms. The van der Waals surface area contributed by atoms with Gasteiger partial charge in [0, 0.05) is 23.4 Å². The Morgan fingerprint density at radius 2 is 1.81 bits per heavy atom. The number of aryl methyl sites for hydroxylation is 2. The molecule has 0 N–H and O–H groups in total. The highest BCUT2D eigenvalue weighted by Crippen LogP contribution is 2.35. The highest BCUT2D eigenvalue weighted by molar-refractivity contribution is 7.90. The Hall–Kier alpha value is -2.84. The fourth-order valence-corrected chi connectivity index (χ4v) is 5.15. The lowest BCUT2D eigenvalue weighted by atomic mass is 9.99. The van der Waals surface area contributed by atoms with Gasteiger partial charge in [-0.05, 0) is 50.1 Å². The van der Waals surface area contributed by atoms with Crippen molar-refractivity contribution in [3.63, 3.8) is 0 Å². The third kappa shape index (κ3) is 4.66. The first kappa shape index (κ1) is 23.8. The Morgan fingerprint density at radius 3 is 2.38 bits per heavy atom. The number of methoxy groups -OCH3 is 1. The molecule has 0 saturated heterocycles. The molecule has 0 fully saturated rings. The number of ether oxygens (including phenoxy) is 2. The van der Waals surface area contributed by atoms with Crippen LogP contribution >= 0.6 is 11.6 Å². The summed E-state index contributed by atoms with van der Waals surface area (Å²) >= 11 is 5.94. The van der Waals surface area contributed by atoms with E-state index in [2.05, 4.69) is 5.10 Å². The molecule has 0 bridgehead atoms. The summed E-state index contributed by atoms with van der Waals surface area (Å²) in [5.74, 6) is 0.185. The number of carbonyl (C=O) groups is 1. The topological polar surface area (TPSA) is 87.5 Å². The average Bonchev–Trinajstić information content (AvgIpc) is 3.14. The molecule has 0 aliphatic carbocycles. The van der Waals surface area contributed by atoms with Crippen LogP contribution in [0.3, 0.4) is 0 Å². The molecule has 1 heterocycles. The number of halogens is 1. The van der Waals surface area contributed by atoms with Crippen LogP contribution in [0.2, 0.25) is 5.02 Å². The molecule has 3 rings (SSSR count). The van der Waals surface area contributed by atoms with Crippen LogP contribution in [-0.4, -0.2) is 37.3 Å². The fraction of sp³-hybridized carbons (Fsp3) is 0.304. The van der Waals surface area contributed by atoms with Crippen LogP contribution in [0.1, 0.15) is 39.5 Å². The molecular weight excluding hydrogens is 452 g/mol. The Kier molecular flexibility index (Phi) is 6.95. The second kappa shape index (κ2) is 9.34. The second-order valence-corrected chi connectivity index (χ2v) is 9.81. The number of benzene rings is 2. The van der Waals surface area contributed by atoms with E-state index in [1.165, 1.54) is 19.4 Å². The first-order valence-corrected chi connectivity index (χ1v) is 12.2. The molecule has 0 aliphatic rings. The molecule has 0 spiro atoms. The van der Waals surface area contributed by atoms with Gasteiger partial charge in [-0.25, -0.2) is 13.1 Å². The number of rotatable bonds is 8. The van der Waals surface area contributed by atoms with Gasteiger partial charge in [0.2, 0.25) is 11.7 Å². The molecule has 170 valence electrons. The maximum atomic E-state index is 13.5. The molecule has 3 aromatic rings. The molecule has 0 saturated carbocycles. The largest absolute Gasteiger partial charge is 0.496 e. The first-order valence-electron chi connectivity index (χ1n) is 9.94. The van der Waals surface area contributed by atoms with E-state index in [1.807, 2.05) is 19.1 Å². The number of hydrogen-bond acceptors (Lipinski definition) is 6. The Labute approximate surface area is 192 Å². The van der Waals surface area contributed by atoms with E-state index in [-0.39, 0.29) is 34.2 Å². The van der Waals surface area contributed by atoms with Crippen LogP contribution in [0, 0.1) is 13.8 Å². The number of carbonyl (C=O) groups excluding carboxylic acids is 1. The minimum Gasteiger partial charge on any atom is -0.496 e. The lowest BCUT2D eigenvalue weighted by Crippen LogP contribution is -2.12. The van der Waals surface area contributed by atoms with Crippen molar-refractivity contribution in [1.29, 1.82) is 0 Å². The van der Waals surface area contributed by atoms with Gasteiger partial charge in [0.15, 0.2) is 9.84 Å². The summed E-state index contributed by atoms with van der Waals surface area (Å²) in [6.45, 7) is 5.92. The first-order chi connectivity index (χ1) is 15.1. The lowest BCUT2D eigenvalue weighted by Gasteiger charge is -2.17. The smallest absolute Gasteiger partial charge is 0.223 e. The van der Waals surface area contributed by atoms with Crippen molar-refractivity contribution in [3.05, 3.63) is 69.4 Å². The van der Waals surface area contributed by atoms with E-state index >= 15 is 0 Å². The monoisotopic (exact) mass is 476 g/mol. The van der Waals surface area contributed by atoms with Gasteiger partial charge in [-0.15, -0.1) is 0 Å². The van der Waals surface area contributed by atoms with Crippen molar-refractivity contribution in [3.8, 4) is 11.6 Å². The fourth-order valence-electron chi connectivity index (χ4n) is 3.74. The summed E-state index contributed by atoms with van der Waals surface area (Å²) in [5, 5.41) is 4.90. The van der Waals surface area contributed by atoms with Crippen LogP contribution in [0.15, 0.2) is 41.4 Å². The van der Waals surface area contributed by atoms with Crippen molar-refractivity contribution in [1.82, 2.24) is 9.78 Å². The lowest BCUT2D eigenvalue weighted by molar-refractivity contribution is 0.103. The van der Waals surface area contributed by atoms with E-state index in [0.717, 1.165) is 11.8 Å². The SMILES string of the molecule is CCn1ncc(C(=O)c2cc(C)c(S(C)(=O)=O)c(C)c2OC)c1OCc1ccc(Cl)cc1. The molecular formula is C23H25ClN2O5S. The van der Waals surface area contributed by atoms with Gasteiger partial charge in [0.1, 0.15) is 17.9 Å². The van der Waals surface area contributed by atoms with Crippen LogP contribution in [0.5, 0.6) is 11.6 Å². The number of sulfone groups is 1. The standard InChI is InChI=1S/C23H25ClN2O5S/c1-6-26-23(31-13-16-7-9-17(24)10-8-16)19(12-25-26)20(27)18-11-14(2)22(32(5,28)29)15(3)21(18)30-4/h7-12H,6,13H2,1-5H3. The summed E-state index contributed by atoms with van der Waals surface area (Å²) in [7, 11) is -2.09. The van der Waals surface area contributed by atoms with Gasteiger partial charge >= 0.3 is 0 Å². The molecule has 0 aliphatic heterocycles. The maximum absolute atomic E-state index is 13.5. The van der Waals surface area contributed by atoms with Gasteiger partial charge in [-0.1, -0.05) is 23.7 Å². The molecule has 0 radical (unpaired) electrons. The van der Waals surface area contributed by atoms with Crippen LogP contribution < -0.4 is 9.47 Å². The molecule has 32 heavy (non-hydrogen) atoms. The third-order valence-corrected chi connectivity index (χ3v) is 6.71. The second-order valence-electron chi connectivity index (χ2n) is 7.42. The predicted octanol–water partition coefficient (Wildman–Crippen LogP) is 4.40. The number of aromatic nitrogens is 2. The zero-order valence-corrected chi connectivity index (χ0v) is 20.2. The Bertz CT molecular complexity index is 1260. The molecule has 2 aromatic carbocycles. The van der Waals surface area contributed by atoms with E-state index in [0.29, 0.717) is 28.6 Å². The van der Waals surface area contributed by atoms with E-state index in [1.54, 1.807) is 30.7 Å². The van der Waals surface area contributed by atoms with Crippen LogP contribution in [0.4, 0.5) is 0 Å². The van der Waals surface area contributed by atoms with Crippen molar-refractivity contribution in [2.24, 2.45) is 0 Å². The molecule has 0 amide bonds. The van der Waals surface area contributed by atoms with Crippen molar-refractivity contribution in [2.75, 3.05) is 13.4 Å². The Balaban J connectivity index is 2.05. The zero-order chi connectivity index (χ0) is 23.6. The molecule has 7 nitrogen and oxygen atoms in total. The average molecular weight is 477 g/mol. The highest BCUT2D eigenvalue weighted by atomic mass is 35.5. The summed E-state index contributed by atoms with van der Waals surface area (Å²) in [5.41, 5.74) is 2.27. The third-order valence-electron chi connectivity index (χ3n) is 5.09. The van der Waals surface area contributed by atoms with E-state index in [4.69, 9.17) is 21.1 Å². The predicted molar refractivity (Wildman–Crippen MR) is 123 cm³/mol. The zero-order valence-electron chi connectivity index (χ0n) is 18.6. The minimum absolute atomic E-state index is 0.161. The van der Waals surface area contributed by atoms with Crippen LogP contribution in [0.25, 0.3) is 0 Å². The van der Waals surface area contributed by atoms with Crippen molar-refractivity contribution >= 4 is 27.2 Å². The molecule has 0 atom stereocenters. The van der Waals surface area contributed by atoms with E-state index < -0.39 is 9.84 Å². The summed E-state index contributed by atoms with van der Waals surface area (Å²) in [4.78, 5) is 13.7. The molecule has 1 aromatic heterocycles. The van der Waals surface area contributed by atoms with Gasteiger partial charge in [0.25, 0.3) is 0 Å². The minimum atomic E-state index is -3.50. The van der Waals surface area contributed by atoms with Gasteiger partial charge in [-0.2, -0.15) is 5.10 Å². The summed E-state index contributed by atoms with van der Waals surface area (Å²) < 4.78 is 37.5. The summed E-state index contributed by atoms with van der Waals surface area (Å²) in [6, 6.07) is 8.76. The quantitative estimate of drug-likeness (QED) is 0.448. The van der Waals surface area contributed by atoms with Crippen molar-refractivity contribution in [2.45, 2.75) is 38.8 Å².